The lowest BCUT2D eigenvalue weighted by atomic mass is 10.2. The van der Waals surface area contributed by atoms with E-state index in [2.05, 4.69) is 4.72 Å². The molecule has 0 aliphatic carbocycles. The molecule has 0 radical (unpaired) electrons. The molecular formula is C19H17NO6S2. The van der Waals surface area contributed by atoms with Crippen LogP contribution in [-0.4, -0.2) is 34.1 Å². The second-order valence-electron chi connectivity index (χ2n) is 5.65. The number of carbonyl (C=O) groups excluding carboxylic acids is 2. The third-order valence-corrected chi connectivity index (χ3v) is 6.58. The maximum absolute atomic E-state index is 13.0. The van der Waals surface area contributed by atoms with Gasteiger partial charge in [-0.15, -0.1) is 11.3 Å². The monoisotopic (exact) mass is 419 g/mol. The van der Waals surface area contributed by atoms with Gasteiger partial charge in [-0.05, 0) is 37.3 Å². The summed E-state index contributed by atoms with van der Waals surface area (Å²) in [5, 5.41) is 0.434. The fourth-order valence-electron chi connectivity index (χ4n) is 2.61. The average Bonchev–Trinajstić information content (AvgIpc) is 3.08. The van der Waals surface area contributed by atoms with Gasteiger partial charge in [0, 0.05) is 15.8 Å². The standard InChI is InChI=1S/C19H17NO6S2/c1-3-26-18(21)12-8-10-13(11-9-12)20-28(23,24)17-14-6-4-5-7-15(14)27-16(17)19(22)25-2/h4-11,20H,3H2,1-2H3. The van der Waals surface area contributed by atoms with Gasteiger partial charge in [0.05, 0.1) is 19.3 Å². The zero-order valence-corrected chi connectivity index (χ0v) is 16.7. The highest BCUT2D eigenvalue weighted by Crippen LogP contribution is 2.36. The van der Waals surface area contributed by atoms with E-state index in [1.54, 1.807) is 31.2 Å². The SMILES string of the molecule is CCOC(=O)c1ccc(NS(=O)(=O)c2c(C(=O)OC)sc3ccccc23)cc1. The molecule has 0 aliphatic rings. The van der Waals surface area contributed by atoms with Crippen molar-refractivity contribution < 1.29 is 27.5 Å². The topological polar surface area (TPSA) is 98.8 Å². The molecule has 146 valence electrons. The van der Waals surface area contributed by atoms with Crippen LogP contribution in [0.2, 0.25) is 0 Å². The van der Waals surface area contributed by atoms with Gasteiger partial charge < -0.3 is 9.47 Å². The molecule has 0 amide bonds. The van der Waals surface area contributed by atoms with E-state index in [0.717, 1.165) is 11.3 Å². The van der Waals surface area contributed by atoms with E-state index < -0.39 is 22.0 Å². The molecule has 0 fully saturated rings. The van der Waals surface area contributed by atoms with Crippen molar-refractivity contribution in [3.8, 4) is 0 Å². The second-order valence-corrected chi connectivity index (χ2v) is 8.32. The number of hydrogen-bond acceptors (Lipinski definition) is 7. The molecule has 3 aromatic rings. The molecule has 0 saturated carbocycles. The molecule has 1 N–H and O–H groups in total. The number of benzene rings is 2. The normalized spacial score (nSPS) is 11.2. The van der Waals surface area contributed by atoms with Gasteiger partial charge in [0.15, 0.2) is 0 Å². The number of fused-ring (bicyclic) bond motifs is 1. The van der Waals surface area contributed by atoms with Crippen LogP contribution in [0.25, 0.3) is 10.1 Å². The summed E-state index contributed by atoms with van der Waals surface area (Å²) >= 11 is 1.05. The summed E-state index contributed by atoms with van der Waals surface area (Å²) in [5.41, 5.74) is 0.556. The molecule has 0 bridgehead atoms. The van der Waals surface area contributed by atoms with Gasteiger partial charge in [-0.3, -0.25) is 4.72 Å². The first-order valence-corrected chi connectivity index (χ1v) is 10.6. The summed E-state index contributed by atoms with van der Waals surface area (Å²) in [4.78, 5) is 23.7. The average molecular weight is 419 g/mol. The molecular weight excluding hydrogens is 402 g/mol. The Morgan fingerprint density at radius 1 is 1.04 bits per heavy atom. The van der Waals surface area contributed by atoms with Crippen LogP contribution < -0.4 is 4.72 Å². The fraction of sp³-hybridized carbons (Fsp3) is 0.158. The number of ether oxygens (including phenoxy) is 2. The second kappa shape index (κ2) is 7.99. The minimum Gasteiger partial charge on any atom is -0.465 e. The summed E-state index contributed by atoms with van der Waals surface area (Å²) < 4.78 is 38.8. The number of hydrogen-bond donors (Lipinski definition) is 1. The molecule has 3 rings (SSSR count). The van der Waals surface area contributed by atoms with E-state index in [1.807, 2.05) is 0 Å². The smallest absolute Gasteiger partial charge is 0.349 e. The molecule has 1 heterocycles. The van der Waals surface area contributed by atoms with Crippen molar-refractivity contribution >= 4 is 49.1 Å². The molecule has 0 spiro atoms. The molecule has 0 atom stereocenters. The summed E-state index contributed by atoms with van der Waals surface area (Å²) in [6.07, 6.45) is 0. The molecule has 7 nitrogen and oxygen atoms in total. The number of carbonyl (C=O) groups is 2. The largest absolute Gasteiger partial charge is 0.465 e. The summed E-state index contributed by atoms with van der Waals surface area (Å²) in [6, 6.07) is 12.7. The number of rotatable bonds is 6. The van der Waals surface area contributed by atoms with Crippen LogP contribution in [0.3, 0.4) is 0 Å². The zero-order chi connectivity index (χ0) is 20.3. The van der Waals surface area contributed by atoms with Gasteiger partial charge >= 0.3 is 11.9 Å². The van der Waals surface area contributed by atoms with E-state index >= 15 is 0 Å². The van der Waals surface area contributed by atoms with Crippen LogP contribution in [-0.2, 0) is 19.5 Å². The number of thiophene rings is 1. The van der Waals surface area contributed by atoms with E-state index in [1.165, 1.54) is 31.4 Å². The maximum atomic E-state index is 13.0. The summed E-state index contributed by atoms with van der Waals surface area (Å²) in [6.45, 7) is 1.94. The summed E-state index contributed by atoms with van der Waals surface area (Å²) in [5.74, 6) is -1.21. The summed E-state index contributed by atoms with van der Waals surface area (Å²) in [7, 11) is -2.88. The lowest BCUT2D eigenvalue weighted by Gasteiger charge is -2.10. The van der Waals surface area contributed by atoms with Crippen molar-refractivity contribution in [2.24, 2.45) is 0 Å². The quantitative estimate of drug-likeness (QED) is 0.612. The first-order chi connectivity index (χ1) is 13.4. The zero-order valence-electron chi connectivity index (χ0n) is 15.1. The third-order valence-electron chi connectivity index (χ3n) is 3.84. The minimum atomic E-state index is -4.08. The number of anilines is 1. The number of sulfonamides is 1. The van der Waals surface area contributed by atoms with E-state index in [-0.39, 0.29) is 22.1 Å². The Bertz CT molecular complexity index is 1130. The Kier molecular flexibility index (Phi) is 5.66. The van der Waals surface area contributed by atoms with E-state index in [9.17, 15) is 18.0 Å². The van der Waals surface area contributed by atoms with Crippen LogP contribution in [0.15, 0.2) is 53.4 Å². The van der Waals surface area contributed by atoms with Gasteiger partial charge in [-0.2, -0.15) is 0 Å². The Labute approximate surface area is 165 Å². The van der Waals surface area contributed by atoms with E-state index in [0.29, 0.717) is 15.6 Å². The van der Waals surface area contributed by atoms with Crippen LogP contribution in [0.1, 0.15) is 27.0 Å². The first kappa shape index (κ1) is 19.8. The highest BCUT2D eigenvalue weighted by atomic mass is 32.2. The highest BCUT2D eigenvalue weighted by Gasteiger charge is 2.29. The van der Waals surface area contributed by atoms with Gasteiger partial charge in [0.25, 0.3) is 10.0 Å². The van der Waals surface area contributed by atoms with Gasteiger partial charge in [0.2, 0.25) is 0 Å². The Morgan fingerprint density at radius 3 is 2.36 bits per heavy atom. The highest BCUT2D eigenvalue weighted by molar-refractivity contribution is 7.93. The lowest BCUT2D eigenvalue weighted by molar-refractivity contribution is 0.0525. The third kappa shape index (κ3) is 3.85. The predicted octanol–water partition coefficient (Wildman–Crippen LogP) is 3.67. The van der Waals surface area contributed by atoms with Crippen molar-refractivity contribution in [1.82, 2.24) is 0 Å². The van der Waals surface area contributed by atoms with Gasteiger partial charge in [-0.1, -0.05) is 18.2 Å². The van der Waals surface area contributed by atoms with Crippen molar-refractivity contribution in [2.45, 2.75) is 11.8 Å². The van der Waals surface area contributed by atoms with Gasteiger partial charge in [-0.25, -0.2) is 18.0 Å². The van der Waals surface area contributed by atoms with Crippen molar-refractivity contribution in [2.75, 3.05) is 18.4 Å². The molecule has 0 aliphatic heterocycles. The number of nitrogens with one attached hydrogen (secondary N) is 1. The van der Waals surface area contributed by atoms with Crippen molar-refractivity contribution in [1.29, 1.82) is 0 Å². The lowest BCUT2D eigenvalue weighted by Crippen LogP contribution is -2.16. The van der Waals surface area contributed by atoms with Crippen LogP contribution >= 0.6 is 11.3 Å². The molecule has 9 heteroatoms. The minimum absolute atomic E-state index is 0.000608. The van der Waals surface area contributed by atoms with Crippen molar-refractivity contribution in [3.63, 3.8) is 0 Å². The van der Waals surface area contributed by atoms with Crippen LogP contribution in [0.4, 0.5) is 5.69 Å². The maximum Gasteiger partial charge on any atom is 0.349 e. The Morgan fingerprint density at radius 2 is 1.71 bits per heavy atom. The Hall–Kier alpha value is -2.91. The molecule has 0 unspecified atom stereocenters. The van der Waals surface area contributed by atoms with Crippen LogP contribution in [0, 0.1) is 0 Å². The molecule has 2 aromatic carbocycles. The van der Waals surface area contributed by atoms with E-state index in [4.69, 9.17) is 9.47 Å². The van der Waals surface area contributed by atoms with Crippen molar-refractivity contribution in [3.05, 3.63) is 59.0 Å². The molecule has 28 heavy (non-hydrogen) atoms. The number of esters is 2. The predicted molar refractivity (Wildman–Crippen MR) is 106 cm³/mol. The molecule has 1 aromatic heterocycles. The molecule has 0 saturated heterocycles. The Balaban J connectivity index is 1.99. The van der Waals surface area contributed by atoms with Gasteiger partial charge in [0.1, 0.15) is 9.77 Å². The number of methoxy groups -OCH3 is 1. The van der Waals surface area contributed by atoms with Crippen LogP contribution in [0.5, 0.6) is 0 Å². The first-order valence-electron chi connectivity index (χ1n) is 8.27. The fourth-order valence-corrected chi connectivity index (χ4v) is 5.49.